The molecule has 1 aromatic heterocycles. The number of terminal acetylenes is 1. The average molecular weight is 2040 g/mol. The molecule has 744 valence electrons. The molecular weight excluding hydrogens is 1900 g/mol. The van der Waals surface area contributed by atoms with Crippen molar-refractivity contribution in [3.63, 3.8) is 0 Å². The van der Waals surface area contributed by atoms with E-state index in [2.05, 4.69) is 393 Å². The first-order chi connectivity index (χ1) is 72.0. The van der Waals surface area contributed by atoms with E-state index in [1.165, 1.54) is 307 Å². The second kappa shape index (κ2) is 50.5. The molecule has 6 nitrogen and oxygen atoms in total. The number of phenolic OH excluding ortho intramolecular Hbond substituents is 1. The number of halogens is 1. The van der Waals surface area contributed by atoms with Crippen molar-refractivity contribution in [2.75, 3.05) is 9.80 Å². The second-order valence-electron chi connectivity index (χ2n) is 41.2. The van der Waals surface area contributed by atoms with Crippen molar-refractivity contribution in [2.45, 2.75) is 246 Å². The monoisotopic (exact) mass is 2040 g/mol. The van der Waals surface area contributed by atoms with E-state index in [-0.39, 0.29) is 16.6 Å². The molecule has 1 N–H and O–H groups in total. The number of furan rings is 1. The molecule has 0 spiro atoms. The zero-order valence-electron chi connectivity index (χ0n) is 87.5. The molecular formula is C140H143IN2O4. The lowest BCUT2D eigenvalue weighted by molar-refractivity contribution is 0.111. The Balaban J connectivity index is 0.000000184. The van der Waals surface area contributed by atoms with E-state index in [4.69, 9.17) is 15.9 Å². The molecule has 2 aliphatic carbocycles. The van der Waals surface area contributed by atoms with Crippen molar-refractivity contribution in [1.29, 1.82) is 0 Å². The fourth-order valence-electron chi connectivity index (χ4n) is 22.3. The number of rotatable bonds is 43. The molecule has 17 aromatic rings. The number of aryl methyl sites for hydroxylation is 4. The maximum absolute atomic E-state index is 11.7. The molecule has 2 aliphatic rings. The van der Waals surface area contributed by atoms with Crippen LogP contribution in [0.4, 0.5) is 34.1 Å². The first-order valence-corrected chi connectivity index (χ1v) is 55.5. The van der Waals surface area contributed by atoms with Crippen LogP contribution in [-0.2, 0) is 10.8 Å². The zero-order chi connectivity index (χ0) is 102. The van der Waals surface area contributed by atoms with Crippen LogP contribution in [0.5, 0.6) is 5.75 Å². The Kier molecular flexibility index (Phi) is 35.9. The summed E-state index contributed by atoms with van der Waals surface area (Å²) in [6.07, 6.45) is 43.2. The number of phenols is 1. The van der Waals surface area contributed by atoms with E-state index in [1.807, 2.05) is 40.8 Å². The molecule has 0 amide bonds. The molecule has 0 atom stereocenters. The maximum atomic E-state index is 11.7. The highest BCUT2D eigenvalue weighted by Gasteiger charge is 2.45. The van der Waals surface area contributed by atoms with E-state index in [0.717, 1.165) is 84.7 Å². The fourth-order valence-corrected chi connectivity index (χ4v) is 22.6. The van der Waals surface area contributed by atoms with Gasteiger partial charge in [0.05, 0.1) is 3.57 Å². The smallest absolute Gasteiger partial charge is 0.150 e. The van der Waals surface area contributed by atoms with Crippen LogP contribution < -0.4 is 9.80 Å². The van der Waals surface area contributed by atoms with Gasteiger partial charge >= 0.3 is 0 Å². The number of benzene rings is 16. The van der Waals surface area contributed by atoms with Gasteiger partial charge < -0.3 is 19.3 Å². The highest BCUT2D eigenvalue weighted by molar-refractivity contribution is 14.1. The number of anilines is 6. The summed E-state index contributed by atoms with van der Waals surface area (Å²) >= 11 is 1.99. The van der Waals surface area contributed by atoms with Crippen LogP contribution in [0.1, 0.15) is 278 Å². The number of aromatic hydroxyl groups is 1. The third-order valence-electron chi connectivity index (χ3n) is 30.7. The van der Waals surface area contributed by atoms with E-state index in [9.17, 15) is 9.59 Å². The van der Waals surface area contributed by atoms with Gasteiger partial charge in [0.2, 0.25) is 0 Å². The van der Waals surface area contributed by atoms with Crippen LogP contribution in [0.15, 0.2) is 362 Å². The van der Waals surface area contributed by atoms with Gasteiger partial charge in [0, 0.05) is 72.6 Å². The summed E-state index contributed by atoms with van der Waals surface area (Å²) in [4.78, 5) is 26.6. The largest absolute Gasteiger partial charge is 0.507 e. The Morgan fingerprint density at radius 2 is 0.531 bits per heavy atom. The zero-order valence-corrected chi connectivity index (χ0v) is 89.7. The van der Waals surface area contributed by atoms with Crippen LogP contribution >= 0.6 is 22.6 Å². The van der Waals surface area contributed by atoms with Gasteiger partial charge in [0.1, 0.15) is 29.7 Å². The summed E-state index contributed by atoms with van der Waals surface area (Å²) in [6, 6.07) is 131. The minimum Gasteiger partial charge on any atom is -0.507 e. The number of carbonyl (C=O) groups excluding carboxylic acids is 2. The van der Waals surface area contributed by atoms with Gasteiger partial charge in [-0.25, -0.2) is 0 Å². The number of nitrogens with zero attached hydrogens (tertiary/aromatic N) is 2. The van der Waals surface area contributed by atoms with Crippen molar-refractivity contribution in [3.8, 4) is 118 Å². The van der Waals surface area contributed by atoms with Crippen molar-refractivity contribution in [3.05, 3.63) is 423 Å². The predicted octanol–water partition coefficient (Wildman–Crippen LogP) is 41.1. The van der Waals surface area contributed by atoms with Crippen molar-refractivity contribution in [1.82, 2.24) is 0 Å². The van der Waals surface area contributed by atoms with Crippen LogP contribution in [0.25, 0.3) is 111 Å². The highest BCUT2D eigenvalue weighted by Crippen LogP contribution is 2.59. The first kappa shape index (κ1) is 104. The molecule has 7 heteroatoms. The average Bonchev–Trinajstić information content (AvgIpc) is 1.56. The van der Waals surface area contributed by atoms with Crippen molar-refractivity contribution < 1.29 is 19.1 Å². The van der Waals surface area contributed by atoms with Gasteiger partial charge in [-0.05, 0) is 315 Å². The number of fused-ring (bicyclic) bond motifs is 7. The predicted molar refractivity (Wildman–Crippen MR) is 633 cm³/mol. The molecule has 19 rings (SSSR count). The summed E-state index contributed by atoms with van der Waals surface area (Å²) in [7, 11) is 0. The van der Waals surface area contributed by atoms with E-state index in [0.29, 0.717) is 17.4 Å². The van der Waals surface area contributed by atoms with Crippen LogP contribution in [0.2, 0.25) is 0 Å². The number of unbranched alkanes of at least 4 members (excludes halogenated alkanes) is 20. The van der Waals surface area contributed by atoms with Crippen molar-refractivity contribution >= 4 is 80.3 Å². The summed E-state index contributed by atoms with van der Waals surface area (Å²) < 4.78 is 7.28. The standard InChI is InChI=1S/C70H71NO2.C63H67N.C7H5IO2/c1-5-7-9-11-13-15-43-70(44-16-14-12-10-8-6-2)66-46-58(33-41-64(66)65-42-34-59(47-67(65)70)69-48-60-26-21-52(49-72)45-68(60)73-69)57-31-39-63(40-32-57)71(61-35-27-55(28-36-61)53-22-17-50(3)18-23-53)62-37-29-56(30-38-62)54-24-19-51(4)20-25-54;1-6-9-11-13-15-17-43-63(44-18-16-14-12-10-7-2)61-45-49(8-3)23-41-59(61)60-42-34-55(46-62(60)63)54-32-39-58(40-33-54)64(56-35-28-52(29-36-56)50-24-19-47(4)20-25-50)57-37-30-53(31-38-57)51-26-21-48(5)22-27-51;8-6-2-1-5(4-9)3-7(6)10/h17-42,45-49H,5-16,43-44H2,1-4H3;3,19-42,45-46H,6-7,9-18,43-44H2,1-2,4-5H3;1-4,10H. The van der Waals surface area contributed by atoms with Crippen LogP contribution in [0.3, 0.4) is 0 Å². The summed E-state index contributed by atoms with van der Waals surface area (Å²) in [5, 5.41) is 10.1. The second-order valence-corrected chi connectivity index (χ2v) is 42.4. The lowest BCUT2D eigenvalue weighted by Gasteiger charge is -2.33. The molecule has 0 saturated heterocycles. The van der Waals surface area contributed by atoms with Crippen molar-refractivity contribution in [2.24, 2.45) is 0 Å². The molecule has 0 radical (unpaired) electrons. The summed E-state index contributed by atoms with van der Waals surface area (Å²) in [5.41, 5.74) is 41.8. The Morgan fingerprint density at radius 3 is 0.830 bits per heavy atom. The Hall–Kier alpha value is -13.9. The normalized spacial score (nSPS) is 12.2. The molecule has 0 bridgehead atoms. The molecule has 0 aliphatic heterocycles. The molecule has 0 unspecified atom stereocenters. The quantitative estimate of drug-likeness (QED) is 0.0178. The summed E-state index contributed by atoms with van der Waals surface area (Å²) in [6.45, 7) is 17.8. The van der Waals surface area contributed by atoms with E-state index < -0.39 is 0 Å². The van der Waals surface area contributed by atoms with E-state index >= 15 is 0 Å². The minimum atomic E-state index is -0.116. The highest BCUT2D eigenvalue weighted by atomic mass is 127. The third kappa shape index (κ3) is 25.2. The van der Waals surface area contributed by atoms with Gasteiger partial charge in [0.25, 0.3) is 0 Å². The third-order valence-corrected chi connectivity index (χ3v) is 31.7. The molecule has 16 aromatic carbocycles. The molecule has 1 heterocycles. The number of carbonyl (C=O) groups is 2. The minimum absolute atomic E-state index is 0.0325. The van der Waals surface area contributed by atoms with Gasteiger partial charge in [-0.1, -0.05) is 440 Å². The summed E-state index contributed by atoms with van der Waals surface area (Å²) in [5.74, 6) is 4.01. The van der Waals surface area contributed by atoms with Crippen LogP contribution in [-0.4, -0.2) is 17.7 Å². The lowest BCUT2D eigenvalue weighted by Crippen LogP contribution is -2.25. The Morgan fingerprint density at radius 1 is 0.279 bits per heavy atom. The topological polar surface area (TPSA) is 74.0 Å². The molecule has 0 saturated carbocycles. The number of hydrogen-bond donors (Lipinski definition) is 1. The Bertz CT molecular complexity index is 7060. The van der Waals surface area contributed by atoms with Gasteiger partial charge in [0.15, 0.2) is 0 Å². The Labute approximate surface area is 889 Å². The van der Waals surface area contributed by atoms with E-state index in [1.54, 1.807) is 12.1 Å². The SMILES string of the molecule is C#Cc1ccc2c(c1)C(CCCCCCCC)(CCCCCCCC)c1cc(-c3ccc(N(c4ccc(-c5ccc(C)cc5)cc4)c4ccc(-c5ccc(C)cc5)cc4)cc3)ccc1-2.CCCCCCCCC1(CCCCCCCC)c2cc(-c3ccc(N(c4ccc(-c5ccc(C)cc5)cc4)c4ccc(-c5ccc(C)cc5)cc4)cc3)ccc2-c2ccc(-c3cc4ccc(C=O)cc4o3)cc21.O=Cc1ccc(I)c(O)c1. The molecule has 147 heavy (non-hydrogen) atoms. The fraction of sp³-hybridized carbons (Fsp3) is 0.271. The number of hydrogen-bond acceptors (Lipinski definition) is 6. The first-order valence-electron chi connectivity index (χ1n) is 54.5. The molecule has 0 fully saturated rings. The van der Waals surface area contributed by atoms with Gasteiger partial charge in [-0.15, -0.1) is 6.42 Å². The number of aldehydes is 2. The lowest BCUT2D eigenvalue weighted by atomic mass is 9.70. The van der Waals surface area contributed by atoms with Gasteiger partial charge in [-0.2, -0.15) is 0 Å². The van der Waals surface area contributed by atoms with Crippen LogP contribution in [0, 0.1) is 43.6 Å². The van der Waals surface area contributed by atoms with Gasteiger partial charge in [-0.3, -0.25) is 9.59 Å². The maximum Gasteiger partial charge on any atom is 0.150 e.